The second-order valence-electron chi connectivity index (χ2n) is 13.3. The van der Waals surface area contributed by atoms with Gasteiger partial charge in [-0.15, -0.1) is 23.1 Å². The van der Waals surface area contributed by atoms with Gasteiger partial charge >= 0.3 is 0 Å². The predicted octanol–water partition coefficient (Wildman–Crippen LogP) is 12.2. The molecule has 0 saturated carbocycles. The number of thiazole rings is 1. The quantitative estimate of drug-likeness (QED) is 0.164. The molecule has 3 nitrogen and oxygen atoms in total. The standard InChI is InChI=1S/C45H33N3S2/c1-28(11-10-12-33-27-49-38-17-8-5-13-34(33)38)29-19-21-30(22-20-29)41-40-42(35-14-4-6-15-36(35)45(40,2)3)48-43(47-41)31-23-25-32(26-24-31)44-46-37-16-7-9-18-39(37)50-44/h4-26H,1,27H2,2-3H3/b11-10-,33-12+. The Balaban J connectivity index is 1.06. The van der Waals surface area contributed by atoms with Crippen LogP contribution in [0.5, 0.6) is 0 Å². The van der Waals surface area contributed by atoms with E-state index in [1.807, 2.05) is 17.8 Å². The van der Waals surface area contributed by atoms with Crippen LogP contribution in [0.3, 0.4) is 0 Å². The average molecular weight is 680 g/mol. The maximum Gasteiger partial charge on any atom is 0.160 e. The lowest BCUT2D eigenvalue weighted by atomic mass is 9.80. The van der Waals surface area contributed by atoms with E-state index < -0.39 is 0 Å². The van der Waals surface area contributed by atoms with E-state index >= 15 is 0 Å². The summed E-state index contributed by atoms with van der Waals surface area (Å²) in [7, 11) is 0. The first-order valence-corrected chi connectivity index (χ1v) is 18.6. The molecule has 7 aromatic rings. The summed E-state index contributed by atoms with van der Waals surface area (Å²) in [6.45, 7) is 8.96. The molecule has 0 bridgehead atoms. The molecule has 5 aromatic carbocycles. The first kappa shape index (κ1) is 30.7. The lowest BCUT2D eigenvalue weighted by Crippen LogP contribution is -2.17. The zero-order chi connectivity index (χ0) is 33.8. The fourth-order valence-electron chi connectivity index (χ4n) is 7.16. The Morgan fingerprint density at radius 2 is 1.38 bits per heavy atom. The fourth-order valence-corrected chi connectivity index (χ4v) is 9.22. The summed E-state index contributed by atoms with van der Waals surface area (Å²) in [4.78, 5) is 16.8. The number of benzene rings is 5. The van der Waals surface area contributed by atoms with Gasteiger partial charge in [0.15, 0.2) is 5.82 Å². The summed E-state index contributed by atoms with van der Waals surface area (Å²) in [5.74, 6) is 1.72. The van der Waals surface area contributed by atoms with Crippen molar-refractivity contribution in [3.63, 3.8) is 0 Å². The van der Waals surface area contributed by atoms with Crippen LogP contribution in [0.15, 0.2) is 151 Å². The van der Waals surface area contributed by atoms with E-state index in [1.165, 1.54) is 37.4 Å². The summed E-state index contributed by atoms with van der Waals surface area (Å²) in [6.07, 6.45) is 6.45. The molecule has 2 aromatic heterocycles. The van der Waals surface area contributed by atoms with Crippen LogP contribution in [0.1, 0.15) is 36.1 Å². The van der Waals surface area contributed by atoms with Crippen LogP contribution in [-0.2, 0) is 5.41 Å². The predicted molar refractivity (Wildman–Crippen MR) is 212 cm³/mol. The zero-order valence-corrected chi connectivity index (χ0v) is 29.5. The van der Waals surface area contributed by atoms with Crippen molar-refractivity contribution in [2.24, 2.45) is 0 Å². The number of para-hydroxylation sites is 1. The largest absolute Gasteiger partial charge is 0.236 e. The fraction of sp³-hybridized carbons (Fsp3) is 0.0889. The first-order chi connectivity index (χ1) is 24.4. The Morgan fingerprint density at radius 3 is 2.20 bits per heavy atom. The number of allylic oxidation sites excluding steroid dienone is 4. The molecule has 0 spiro atoms. The van der Waals surface area contributed by atoms with Gasteiger partial charge in [0.1, 0.15) is 5.01 Å². The van der Waals surface area contributed by atoms with E-state index in [2.05, 4.69) is 154 Å². The van der Waals surface area contributed by atoms with Gasteiger partial charge in [-0.1, -0.05) is 142 Å². The van der Waals surface area contributed by atoms with Gasteiger partial charge in [-0.25, -0.2) is 15.0 Å². The first-order valence-electron chi connectivity index (χ1n) is 16.8. The Hall–Kier alpha value is -5.36. The van der Waals surface area contributed by atoms with Gasteiger partial charge in [0.2, 0.25) is 0 Å². The van der Waals surface area contributed by atoms with E-state index in [0.717, 1.165) is 61.3 Å². The minimum atomic E-state index is -0.244. The van der Waals surface area contributed by atoms with Crippen molar-refractivity contribution in [3.8, 4) is 44.5 Å². The summed E-state index contributed by atoms with van der Waals surface area (Å²) in [5, 5.41) is 1.01. The van der Waals surface area contributed by atoms with Gasteiger partial charge in [0, 0.05) is 43.9 Å². The molecule has 2 aliphatic rings. The maximum atomic E-state index is 5.32. The SMILES string of the molecule is C=C(/C=C\C=C1/CSc2ccccc21)c1ccc(-c2nc(-c3ccc(-c4nc5ccccc5s4)cc3)nc3c2C(C)(C)c2ccccc2-3)cc1. The number of fused-ring (bicyclic) bond motifs is 5. The van der Waals surface area contributed by atoms with E-state index in [-0.39, 0.29) is 5.41 Å². The smallest absolute Gasteiger partial charge is 0.160 e. The van der Waals surface area contributed by atoms with Crippen LogP contribution in [-0.4, -0.2) is 20.7 Å². The third-order valence-corrected chi connectivity index (χ3v) is 12.0. The number of hydrogen-bond acceptors (Lipinski definition) is 5. The molecular weight excluding hydrogens is 647 g/mol. The molecule has 5 heteroatoms. The number of thioether (sulfide) groups is 1. The summed E-state index contributed by atoms with van der Waals surface area (Å²) >= 11 is 3.61. The molecule has 0 unspecified atom stereocenters. The minimum absolute atomic E-state index is 0.244. The van der Waals surface area contributed by atoms with Crippen LogP contribution >= 0.6 is 23.1 Å². The second kappa shape index (κ2) is 12.2. The highest BCUT2D eigenvalue weighted by molar-refractivity contribution is 8.00. The van der Waals surface area contributed by atoms with Gasteiger partial charge in [0.05, 0.1) is 21.6 Å². The molecule has 0 saturated heterocycles. The highest BCUT2D eigenvalue weighted by atomic mass is 32.2. The number of nitrogens with zero attached hydrogens (tertiary/aromatic N) is 3. The van der Waals surface area contributed by atoms with Crippen LogP contribution in [0.2, 0.25) is 0 Å². The monoisotopic (exact) mass is 679 g/mol. The zero-order valence-electron chi connectivity index (χ0n) is 27.9. The van der Waals surface area contributed by atoms with Gasteiger partial charge in [-0.2, -0.15) is 0 Å². The van der Waals surface area contributed by atoms with Gasteiger partial charge in [-0.05, 0) is 46.0 Å². The summed E-state index contributed by atoms with van der Waals surface area (Å²) in [5.41, 5.74) is 14.3. The lowest BCUT2D eigenvalue weighted by molar-refractivity contribution is 0.658. The highest BCUT2D eigenvalue weighted by Crippen LogP contribution is 2.51. The molecule has 1 aliphatic carbocycles. The molecule has 50 heavy (non-hydrogen) atoms. The maximum absolute atomic E-state index is 5.32. The molecule has 0 fully saturated rings. The van der Waals surface area contributed by atoms with Crippen LogP contribution in [0.4, 0.5) is 0 Å². The molecule has 1 aliphatic heterocycles. The molecule has 9 rings (SSSR count). The van der Waals surface area contributed by atoms with Crippen molar-refractivity contribution in [3.05, 3.63) is 168 Å². The van der Waals surface area contributed by atoms with Gasteiger partial charge < -0.3 is 0 Å². The molecule has 0 amide bonds. The normalized spacial score (nSPS) is 15.0. The molecule has 240 valence electrons. The van der Waals surface area contributed by atoms with Gasteiger partial charge in [-0.3, -0.25) is 0 Å². The van der Waals surface area contributed by atoms with Crippen molar-refractivity contribution in [2.75, 3.05) is 5.75 Å². The van der Waals surface area contributed by atoms with Crippen molar-refractivity contribution in [1.82, 2.24) is 15.0 Å². The topological polar surface area (TPSA) is 38.7 Å². The van der Waals surface area contributed by atoms with Crippen molar-refractivity contribution in [1.29, 1.82) is 0 Å². The summed E-state index contributed by atoms with van der Waals surface area (Å²) < 4.78 is 1.19. The van der Waals surface area contributed by atoms with Crippen molar-refractivity contribution >= 4 is 44.5 Å². The number of aromatic nitrogens is 3. The van der Waals surface area contributed by atoms with E-state index in [0.29, 0.717) is 0 Å². The molecule has 0 N–H and O–H groups in total. The molecule has 0 radical (unpaired) electrons. The van der Waals surface area contributed by atoms with Crippen LogP contribution < -0.4 is 0 Å². The minimum Gasteiger partial charge on any atom is -0.236 e. The Labute approximate surface area is 300 Å². The van der Waals surface area contributed by atoms with E-state index in [1.54, 1.807) is 11.3 Å². The highest BCUT2D eigenvalue weighted by Gasteiger charge is 2.40. The van der Waals surface area contributed by atoms with Crippen molar-refractivity contribution in [2.45, 2.75) is 24.2 Å². The molecular formula is C45H33N3S2. The van der Waals surface area contributed by atoms with Crippen LogP contribution in [0.25, 0.3) is 65.8 Å². The average Bonchev–Trinajstić information content (AvgIpc) is 3.84. The molecule has 3 heterocycles. The van der Waals surface area contributed by atoms with E-state index in [9.17, 15) is 0 Å². The third kappa shape index (κ3) is 5.25. The van der Waals surface area contributed by atoms with Crippen LogP contribution in [0, 0.1) is 0 Å². The number of rotatable bonds is 6. The molecule has 0 atom stereocenters. The van der Waals surface area contributed by atoms with E-state index in [4.69, 9.17) is 15.0 Å². The Kier molecular flexibility index (Phi) is 7.49. The Bertz CT molecular complexity index is 2480. The second-order valence-corrected chi connectivity index (χ2v) is 15.3. The van der Waals surface area contributed by atoms with Gasteiger partial charge in [0.25, 0.3) is 0 Å². The Morgan fingerprint density at radius 1 is 0.700 bits per heavy atom. The summed E-state index contributed by atoms with van der Waals surface area (Å²) in [6, 6.07) is 42.7. The third-order valence-electron chi connectivity index (χ3n) is 9.81. The van der Waals surface area contributed by atoms with Crippen molar-refractivity contribution < 1.29 is 0 Å². The number of hydrogen-bond donors (Lipinski definition) is 0. The lowest BCUT2D eigenvalue weighted by Gasteiger charge is -2.24.